The van der Waals surface area contributed by atoms with Gasteiger partial charge in [-0.3, -0.25) is 0 Å². The van der Waals surface area contributed by atoms with Crippen LogP contribution in [0.5, 0.6) is 11.8 Å². The van der Waals surface area contributed by atoms with E-state index in [4.69, 9.17) is 22.1 Å². The van der Waals surface area contributed by atoms with Crippen molar-refractivity contribution in [1.82, 2.24) is 14.8 Å². The number of nitrogens with zero attached hydrogens (tertiary/aromatic N) is 3. The predicted octanol–water partition coefficient (Wildman–Crippen LogP) is 3.17. The second-order valence-electron chi connectivity index (χ2n) is 4.38. The molecule has 0 fully saturated rings. The quantitative estimate of drug-likeness (QED) is 0.803. The Hall–Kier alpha value is -2.37. The molecule has 3 rings (SSSR count). The topological polar surface area (TPSA) is 66.0 Å². The van der Waals surface area contributed by atoms with E-state index < -0.39 is 0 Å². The molecule has 0 unspecified atom stereocenters. The zero-order valence-electron chi connectivity index (χ0n) is 11.1. The molecular formula is C15H13ClN4O. The molecule has 0 atom stereocenters. The Bertz CT molecular complexity index is 742. The monoisotopic (exact) mass is 300 g/mol. The largest absolute Gasteiger partial charge is 0.422 e. The Labute approximate surface area is 126 Å². The summed E-state index contributed by atoms with van der Waals surface area (Å²) in [5, 5.41) is 4.74. The lowest BCUT2D eigenvalue weighted by atomic mass is 10.2. The minimum Gasteiger partial charge on any atom is -0.422 e. The lowest BCUT2D eigenvalue weighted by molar-refractivity contribution is 0.441. The highest BCUT2D eigenvalue weighted by atomic mass is 35.5. The fraction of sp³-hybridized carbons (Fsp3) is 0.0667. The number of hydrogen-bond acceptors (Lipinski definition) is 4. The first kappa shape index (κ1) is 13.6. The summed E-state index contributed by atoms with van der Waals surface area (Å²) in [6, 6.07) is 15.3. The van der Waals surface area contributed by atoms with Crippen molar-refractivity contribution in [2.24, 2.45) is 5.73 Å². The Kier molecular flexibility index (Phi) is 3.85. The van der Waals surface area contributed by atoms with Crippen LogP contribution in [0.2, 0.25) is 5.02 Å². The Balaban J connectivity index is 1.82. The van der Waals surface area contributed by atoms with Crippen LogP contribution in [0.4, 0.5) is 0 Å². The molecule has 0 radical (unpaired) electrons. The van der Waals surface area contributed by atoms with Gasteiger partial charge in [0.1, 0.15) is 12.1 Å². The first-order valence-electron chi connectivity index (χ1n) is 6.39. The highest BCUT2D eigenvalue weighted by Gasteiger charge is 2.08. The zero-order chi connectivity index (χ0) is 14.7. The van der Waals surface area contributed by atoms with Gasteiger partial charge in [0.2, 0.25) is 0 Å². The Morgan fingerprint density at radius 3 is 2.67 bits per heavy atom. The van der Waals surface area contributed by atoms with Crippen LogP contribution in [0.1, 0.15) is 5.56 Å². The number of halogens is 1. The highest BCUT2D eigenvalue weighted by molar-refractivity contribution is 6.32. The number of ether oxygens (including phenoxy) is 1. The van der Waals surface area contributed by atoms with Crippen molar-refractivity contribution >= 4 is 11.6 Å². The number of para-hydroxylation sites is 1. The molecule has 1 aromatic heterocycles. The molecular weight excluding hydrogens is 288 g/mol. The van der Waals surface area contributed by atoms with Gasteiger partial charge in [0.15, 0.2) is 0 Å². The number of benzene rings is 2. The van der Waals surface area contributed by atoms with Crippen LogP contribution in [-0.2, 0) is 6.54 Å². The molecule has 21 heavy (non-hydrogen) atoms. The first-order valence-corrected chi connectivity index (χ1v) is 6.77. The third-order valence-corrected chi connectivity index (χ3v) is 3.22. The van der Waals surface area contributed by atoms with Gasteiger partial charge in [0.25, 0.3) is 0 Å². The molecule has 0 amide bonds. The zero-order valence-corrected chi connectivity index (χ0v) is 11.9. The van der Waals surface area contributed by atoms with Gasteiger partial charge in [-0.1, -0.05) is 35.9 Å². The van der Waals surface area contributed by atoms with Crippen molar-refractivity contribution in [2.75, 3.05) is 0 Å². The van der Waals surface area contributed by atoms with Gasteiger partial charge in [0.05, 0.1) is 10.7 Å². The molecule has 2 N–H and O–H groups in total. The summed E-state index contributed by atoms with van der Waals surface area (Å²) >= 11 is 6.14. The van der Waals surface area contributed by atoms with Gasteiger partial charge < -0.3 is 10.5 Å². The fourth-order valence-electron chi connectivity index (χ4n) is 1.85. The van der Waals surface area contributed by atoms with E-state index in [2.05, 4.69) is 10.1 Å². The molecule has 0 saturated heterocycles. The van der Waals surface area contributed by atoms with Crippen LogP contribution in [0.3, 0.4) is 0 Å². The van der Waals surface area contributed by atoms with E-state index in [-0.39, 0.29) is 6.01 Å². The van der Waals surface area contributed by atoms with Gasteiger partial charge >= 0.3 is 6.01 Å². The molecule has 2 aromatic carbocycles. The van der Waals surface area contributed by atoms with E-state index in [0.29, 0.717) is 17.3 Å². The van der Waals surface area contributed by atoms with Crippen molar-refractivity contribution in [3.05, 3.63) is 65.4 Å². The van der Waals surface area contributed by atoms with Crippen LogP contribution in [0.15, 0.2) is 54.9 Å². The van der Waals surface area contributed by atoms with Crippen molar-refractivity contribution in [3.63, 3.8) is 0 Å². The van der Waals surface area contributed by atoms with E-state index in [9.17, 15) is 0 Å². The number of nitrogens with two attached hydrogens (primary N) is 1. The Morgan fingerprint density at radius 1 is 1.14 bits per heavy atom. The predicted molar refractivity (Wildman–Crippen MR) is 80.8 cm³/mol. The van der Waals surface area contributed by atoms with Crippen LogP contribution in [0.25, 0.3) is 5.69 Å². The van der Waals surface area contributed by atoms with E-state index in [0.717, 1.165) is 11.3 Å². The van der Waals surface area contributed by atoms with E-state index in [1.165, 1.54) is 0 Å². The smallest absolute Gasteiger partial charge is 0.341 e. The minimum atomic E-state index is 0.237. The summed E-state index contributed by atoms with van der Waals surface area (Å²) in [6.45, 7) is 0.431. The van der Waals surface area contributed by atoms with E-state index in [1.54, 1.807) is 23.1 Å². The highest BCUT2D eigenvalue weighted by Crippen LogP contribution is 2.28. The van der Waals surface area contributed by atoms with Gasteiger partial charge in [-0.15, -0.1) is 5.10 Å². The Morgan fingerprint density at radius 2 is 1.95 bits per heavy atom. The summed E-state index contributed by atoms with van der Waals surface area (Å²) in [7, 11) is 0. The lowest BCUT2D eigenvalue weighted by Crippen LogP contribution is -1.97. The van der Waals surface area contributed by atoms with Crippen molar-refractivity contribution in [1.29, 1.82) is 0 Å². The molecule has 1 heterocycles. The van der Waals surface area contributed by atoms with Gasteiger partial charge in [0, 0.05) is 6.54 Å². The first-order chi connectivity index (χ1) is 10.3. The molecule has 106 valence electrons. The maximum atomic E-state index is 6.14. The second-order valence-corrected chi connectivity index (χ2v) is 4.79. The minimum absolute atomic E-state index is 0.237. The summed E-state index contributed by atoms with van der Waals surface area (Å²) < 4.78 is 7.23. The van der Waals surface area contributed by atoms with E-state index in [1.807, 2.05) is 36.4 Å². The summed E-state index contributed by atoms with van der Waals surface area (Å²) in [5.41, 5.74) is 7.41. The fourth-order valence-corrected chi connectivity index (χ4v) is 2.09. The van der Waals surface area contributed by atoms with Gasteiger partial charge in [-0.05, 0) is 29.8 Å². The molecule has 3 aromatic rings. The second kappa shape index (κ2) is 5.95. The van der Waals surface area contributed by atoms with Gasteiger partial charge in [-0.25, -0.2) is 4.68 Å². The van der Waals surface area contributed by atoms with Crippen LogP contribution < -0.4 is 10.5 Å². The maximum Gasteiger partial charge on any atom is 0.341 e. The SMILES string of the molecule is NCc1ccc(Oc2ncn(-c3ccccc3)n2)c(Cl)c1. The average molecular weight is 301 g/mol. The molecule has 5 nitrogen and oxygen atoms in total. The van der Waals surface area contributed by atoms with Gasteiger partial charge in [-0.2, -0.15) is 4.98 Å². The molecule has 0 bridgehead atoms. The van der Waals surface area contributed by atoms with Crippen LogP contribution in [0, 0.1) is 0 Å². The summed E-state index contributed by atoms with van der Waals surface area (Å²) in [5.74, 6) is 0.500. The molecule has 6 heteroatoms. The lowest BCUT2D eigenvalue weighted by Gasteiger charge is -2.05. The van der Waals surface area contributed by atoms with E-state index >= 15 is 0 Å². The van der Waals surface area contributed by atoms with Crippen molar-refractivity contribution in [2.45, 2.75) is 6.54 Å². The third kappa shape index (κ3) is 3.04. The van der Waals surface area contributed by atoms with Crippen LogP contribution in [-0.4, -0.2) is 14.8 Å². The number of aromatic nitrogens is 3. The summed E-state index contributed by atoms with van der Waals surface area (Å²) in [4.78, 5) is 4.12. The van der Waals surface area contributed by atoms with Crippen LogP contribution >= 0.6 is 11.6 Å². The van der Waals surface area contributed by atoms with Crippen molar-refractivity contribution in [3.8, 4) is 17.4 Å². The number of rotatable bonds is 4. The molecule has 0 aliphatic carbocycles. The third-order valence-electron chi connectivity index (χ3n) is 2.92. The standard InChI is InChI=1S/C15H13ClN4O/c16-13-8-11(9-17)6-7-14(13)21-15-18-10-20(19-15)12-4-2-1-3-5-12/h1-8,10H,9,17H2. The normalized spacial score (nSPS) is 10.6. The molecule has 0 spiro atoms. The molecule has 0 aliphatic rings. The molecule has 0 aliphatic heterocycles. The number of hydrogen-bond donors (Lipinski definition) is 1. The average Bonchev–Trinajstić information content (AvgIpc) is 2.99. The molecule has 0 saturated carbocycles. The van der Waals surface area contributed by atoms with Crippen molar-refractivity contribution < 1.29 is 4.74 Å². The maximum absolute atomic E-state index is 6.14. The summed E-state index contributed by atoms with van der Waals surface area (Å²) in [6.07, 6.45) is 1.59.